The molecule has 62 valence electrons. The number of rotatable bonds is 1. The summed E-state index contributed by atoms with van der Waals surface area (Å²) in [6.07, 6.45) is 4.02. The Morgan fingerprint density at radius 1 is 1.64 bits per heavy atom. The minimum absolute atomic E-state index is 0.403. The van der Waals surface area contributed by atoms with Gasteiger partial charge in [0.2, 0.25) is 0 Å². The number of nitrogens with two attached hydrogens (primary N) is 1. The Balaban J connectivity index is 2.27. The lowest BCUT2D eigenvalue weighted by Gasteiger charge is -2.31. The number of fused-ring (bicyclic) bond motifs is 2. The van der Waals surface area contributed by atoms with Crippen LogP contribution in [-0.2, 0) is 0 Å². The fraction of sp³-hybridized carbons (Fsp3) is 0.800. The van der Waals surface area contributed by atoms with Crippen LogP contribution in [0.4, 0.5) is 0 Å². The van der Waals surface area contributed by atoms with E-state index in [0.717, 1.165) is 18.4 Å². The molecule has 2 bridgehead atoms. The first-order chi connectivity index (χ1) is 5.17. The van der Waals surface area contributed by atoms with E-state index in [2.05, 4.69) is 13.5 Å². The van der Waals surface area contributed by atoms with Crippen LogP contribution in [0.15, 0.2) is 12.2 Å². The summed E-state index contributed by atoms with van der Waals surface area (Å²) in [4.78, 5) is 0. The van der Waals surface area contributed by atoms with Crippen LogP contribution in [0.1, 0.15) is 26.2 Å². The molecule has 0 amide bonds. The minimum atomic E-state index is 0.403. The van der Waals surface area contributed by atoms with Gasteiger partial charge in [0.15, 0.2) is 0 Å². The molecular formula is C10H17N. The smallest absolute Gasteiger partial charge is 0.00172 e. The summed E-state index contributed by atoms with van der Waals surface area (Å²) in [6.45, 7) is 7.33. The lowest BCUT2D eigenvalue weighted by Crippen LogP contribution is -2.32. The van der Waals surface area contributed by atoms with Crippen molar-refractivity contribution in [1.82, 2.24) is 0 Å². The van der Waals surface area contributed by atoms with E-state index in [1.54, 1.807) is 0 Å². The quantitative estimate of drug-likeness (QED) is 0.569. The van der Waals surface area contributed by atoms with E-state index in [4.69, 9.17) is 5.73 Å². The molecule has 0 aromatic rings. The van der Waals surface area contributed by atoms with Gasteiger partial charge in [-0.3, -0.25) is 0 Å². The maximum Gasteiger partial charge on any atom is -0.00172 e. The van der Waals surface area contributed by atoms with Crippen LogP contribution in [0.25, 0.3) is 0 Å². The molecule has 2 fully saturated rings. The SMILES string of the molecule is C=C1C2CCC1C(C)(CN)C2. The number of hydrogen-bond acceptors (Lipinski definition) is 1. The van der Waals surface area contributed by atoms with Gasteiger partial charge >= 0.3 is 0 Å². The molecular weight excluding hydrogens is 134 g/mol. The molecule has 3 unspecified atom stereocenters. The predicted molar refractivity (Wildman–Crippen MR) is 47.1 cm³/mol. The fourth-order valence-electron chi connectivity index (χ4n) is 2.98. The van der Waals surface area contributed by atoms with Crippen molar-refractivity contribution in [3.63, 3.8) is 0 Å². The second-order valence-corrected chi connectivity index (χ2v) is 4.46. The molecule has 0 aliphatic heterocycles. The Labute approximate surface area is 68.7 Å². The third-order valence-electron chi connectivity index (χ3n) is 3.80. The first-order valence-electron chi connectivity index (χ1n) is 4.56. The van der Waals surface area contributed by atoms with E-state index >= 15 is 0 Å². The molecule has 2 rings (SSSR count). The standard InChI is InChI=1S/C10H17N/c1-7-8-3-4-9(7)10(2,5-8)6-11/h8-9H,1,3-6,11H2,2H3. The molecule has 2 N–H and O–H groups in total. The molecule has 2 saturated carbocycles. The summed E-state index contributed by atoms with van der Waals surface area (Å²) in [5.74, 6) is 1.56. The van der Waals surface area contributed by atoms with E-state index in [9.17, 15) is 0 Å². The maximum atomic E-state index is 5.78. The monoisotopic (exact) mass is 151 g/mol. The molecule has 0 aromatic carbocycles. The van der Waals surface area contributed by atoms with E-state index in [0.29, 0.717) is 5.41 Å². The van der Waals surface area contributed by atoms with Crippen LogP contribution in [-0.4, -0.2) is 6.54 Å². The summed E-state index contributed by atoms with van der Waals surface area (Å²) in [5.41, 5.74) is 7.68. The largest absolute Gasteiger partial charge is 0.330 e. The lowest BCUT2D eigenvalue weighted by atomic mass is 9.75. The van der Waals surface area contributed by atoms with Crippen LogP contribution in [0.5, 0.6) is 0 Å². The first-order valence-corrected chi connectivity index (χ1v) is 4.56. The van der Waals surface area contributed by atoms with Crippen molar-refractivity contribution in [3.8, 4) is 0 Å². The van der Waals surface area contributed by atoms with Crippen LogP contribution in [0, 0.1) is 17.3 Å². The van der Waals surface area contributed by atoms with Crippen LogP contribution < -0.4 is 5.73 Å². The number of allylic oxidation sites excluding steroid dienone is 1. The van der Waals surface area contributed by atoms with Gasteiger partial charge in [-0.2, -0.15) is 0 Å². The summed E-state index contributed by atoms with van der Waals surface area (Å²) in [7, 11) is 0. The van der Waals surface area contributed by atoms with E-state index < -0.39 is 0 Å². The fourth-order valence-corrected chi connectivity index (χ4v) is 2.98. The van der Waals surface area contributed by atoms with Crippen molar-refractivity contribution in [2.24, 2.45) is 23.0 Å². The summed E-state index contributed by atoms with van der Waals surface area (Å²) < 4.78 is 0. The summed E-state index contributed by atoms with van der Waals surface area (Å²) in [5, 5.41) is 0. The van der Waals surface area contributed by atoms with Crippen molar-refractivity contribution >= 4 is 0 Å². The normalized spacial score (nSPS) is 48.7. The van der Waals surface area contributed by atoms with Gasteiger partial charge in [-0.05, 0) is 43.1 Å². The van der Waals surface area contributed by atoms with Crippen molar-refractivity contribution in [2.45, 2.75) is 26.2 Å². The molecule has 2 aliphatic carbocycles. The Morgan fingerprint density at radius 3 is 2.64 bits per heavy atom. The highest BCUT2D eigenvalue weighted by molar-refractivity contribution is 5.22. The van der Waals surface area contributed by atoms with Crippen molar-refractivity contribution in [2.75, 3.05) is 6.54 Å². The predicted octanol–water partition coefficient (Wildman–Crippen LogP) is 1.94. The first kappa shape index (κ1) is 7.35. The van der Waals surface area contributed by atoms with Gasteiger partial charge in [0.1, 0.15) is 0 Å². The molecule has 1 nitrogen and oxygen atoms in total. The zero-order valence-electron chi connectivity index (χ0n) is 7.27. The summed E-state index contributed by atoms with van der Waals surface area (Å²) in [6, 6.07) is 0. The second-order valence-electron chi connectivity index (χ2n) is 4.46. The minimum Gasteiger partial charge on any atom is -0.330 e. The van der Waals surface area contributed by atoms with Gasteiger partial charge in [-0.15, -0.1) is 0 Å². The molecule has 0 heterocycles. The van der Waals surface area contributed by atoms with Crippen LogP contribution in [0.2, 0.25) is 0 Å². The Bertz CT molecular complexity index is 197. The average molecular weight is 151 g/mol. The molecule has 3 atom stereocenters. The van der Waals surface area contributed by atoms with Gasteiger partial charge in [0.25, 0.3) is 0 Å². The zero-order valence-corrected chi connectivity index (χ0v) is 7.27. The van der Waals surface area contributed by atoms with E-state index in [-0.39, 0.29) is 0 Å². The average Bonchev–Trinajstić information content (AvgIpc) is 2.44. The van der Waals surface area contributed by atoms with E-state index in [1.165, 1.54) is 24.8 Å². The van der Waals surface area contributed by atoms with Gasteiger partial charge in [-0.25, -0.2) is 0 Å². The van der Waals surface area contributed by atoms with Gasteiger partial charge in [0, 0.05) is 0 Å². The lowest BCUT2D eigenvalue weighted by molar-refractivity contribution is 0.205. The van der Waals surface area contributed by atoms with Gasteiger partial charge in [-0.1, -0.05) is 19.1 Å². The van der Waals surface area contributed by atoms with Crippen LogP contribution >= 0.6 is 0 Å². The molecule has 2 aliphatic rings. The van der Waals surface area contributed by atoms with Crippen molar-refractivity contribution < 1.29 is 0 Å². The van der Waals surface area contributed by atoms with Crippen molar-refractivity contribution in [1.29, 1.82) is 0 Å². The Morgan fingerprint density at radius 2 is 2.36 bits per heavy atom. The number of hydrogen-bond donors (Lipinski definition) is 1. The van der Waals surface area contributed by atoms with Crippen molar-refractivity contribution in [3.05, 3.63) is 12.2 Å². The third-order valence-corrected chi connectivity index (χ3v) is 3.80. The molecule has 0 spiro atoms. The molecule has 11 heavy (non-hydrogen) atoms. The highest BCUT2D eigenvalue weighted by Crippen LogP contribution is 2.57. The molecule has 0 radical (unpaired) electrons. The molecule has 0 saturated heterocycles. The third kappa shape index (κ3) is 0.807. The maximum absolute atomic E-state index is 5.78. The summed E-state index contributed by atoms with van der Waals surface area (Å²) >= 11 is 0. The van der Waals surface area contributed by atoms with Crippen LogP contribution in [0.3, 0.4) is 0 Å². The van der Waals surface area contributed by atoms with Gasteiger partial charge < -0.3 is 5.73 Å². The highest BCUT2D eigenvalue weighted by atomic mass is 14.7. The topological polar surface area (TPSA) is 26.0 Å². The Kier molecular flexibility index (Phi) is 1.40. The second kappa shape index (κ2) is 2.10. The zero-order chi connectivity index (χ0) is 8.06. The molecule has 1 heteroatoms. The Hall–Kier alpha value is -0.300. The molecule has 0 aromatic heterocycles. The van der Waals surface area contributed by atoms with Gasteiger partial charge in [0.05, 0.1) is 0 Å². The highest BCUT2D eigenvalue weighted by Gasteiger charge is 2.49. The van der Waals surface area contributed by atoms with E-state index in [1.807, 2.05) is 0 Å².